The molecule has 2 rings (SSSR count). The number of anilines is 1. The van der Waals surface area contributed by atoms with Crippen molar-refractivity contribution >= 4 is 11.4 Å². The molecule has 1 N–H and O–H groups in total. The summed E-state index contributed by atoms with van der Waals surface area (Å²) in [6.45, 7) is 0. The highest BCUT2D eigenvalue weighted by Crippen LogP contribution is 2.37. The highest BCUT2D eigenvalue weighted by atomic mass is 19.3. The van der Waals surface area contributed by atoms with Crippen molar-refractivity contribution < 1.29 is 18.1 Å². The summed E-state index contributed by atoms with van der Waals surface area (Å²) in [5.41, 5.74) is -0.539. The Morgan fingerprint density at radius 2 is 2.17 bits per heavy atom. The fraction of sp³-hybridized carbons (Fsp3) is 0.455. The van der Waals surface area contributed by atoms with Gasteiger partial charge in [0.25, 0.3) is 11.6 Å². The van der Waals surface area contributed by atoms with E-state index in [9.17, 15) is 23.3 Å². The number of nitrogens with zero attached hydrogens (tertiary/aromatic N) is 1. The minimum Gasteiger partial charge on any atom is -0.374 e. The van der Waals surface area contributed by atoms with Crippen molar-refractivity contribution in [3.63, 3.8) is 0 Å². The van der Waals surface area contributed by atoms with E-state index in [2.05, 4.69) is 5.32 Å². The van der Waals surface area contributed by atoms with Gasteiger partial charge in [0.2, 0.25) is 0 Å². The fourth-order valence-corrected chi connectivity index (χ4v) is 2.03. The number of nitro benzene ring substituents is 1. The number of hydrogen-bond acceptors (Lipinski definition) is 3. The van der Waals surface area contributed by atoms with Crippen LogP contribution >= 0.6 is 0 Å². The summed E-state index contributed by atoms with van der Waals surface area (Å²) in [6, 6.07) is 1.80. The molecule has 1 aliphatic rings. The third-order valence-corrected chi connectivity index (χ3v) is 3.01. The van der Waals surface area contributed by atoms with Crippen LogP contribution in [-0.2, 0) is 0 Å². The number of nitrogens with one attached hydrogen (secondary N) is 1. The third-order valence-electron chi connectivity index (χ3n) is 3.01. The molecule has 0 aromatic heterocycles. The van der Waals surface area contributed by atoms with Crippen LogP contribution in [0.2, 0.25) is 0 Å². The van der Waals surface area contributed by atoms with Crippen LogP contribution in [-0.4, -0.2) is 16.9 Å². The second kappa shape index (κ2) is 4.47. The fourth-order valence-electron chi connectivity index (χ4n) is 2.03. The SMILES string of the molecule is O=[N+]([O-])c1ccc(NC2CCCC2(F)F)c(F)c1. The Morgan fingerprint density at radius 1 is 1.44 bits per heavy atom. The molecule has 4 nitrogen and oxygen atoms in total. The van der Waals surface area contributed by atoms with Gasteiger partial charge in [-0.1, -0.05) is 0 Å². The highest BCUT2D eigenvalue weighted by Gasteiger charge is 2.44. The average Bonchev–Trinajstić information content (AvgIpc) is 2.61. The van der Waals surface area contributed by atoms with E-state index >= 15 is 0 Å². The van der Waals surface area contributed by atoms with Crippen LogP contribution in [0, 0.1) is 15.9 Å². The van der Waals surface area contributed by atoms with Gasteiger partial charge in [-0.2, -0.15) is 0 Å². The first-order valence-corrected chi connectivity index (χ1v) is 5.48. The average molecular weight is 260 g/mol. The molecular formula is C11H11F3N2O2. The van der Waals surface area contributed by atoms with Crippen molar-refractivity contribution in [2.45, 2.75) is 31.2 Å². The number of nitro groups is 1. The molecule has 18 heavy (non-hydrogen) atoms. The van der Waals surface area contributed by atoms with Crippen molar-refractivity contribution in [1.29, 1.82) is 0 Å². The van der Waals surface area contributed by atoms with E-state index < -0.39 is 28.4 Å². The second-order valence-electron chi connectivity index (χ2n) is 4.27. The van der Waals surface area contributed by atoms with E-state index in [1.807, 2.05) is 0 Å². The van der Waals surface area contributed by atoms with Gasteiger partial charge in [-0.05, 0) is 18.9 Å². The molecule has 1 aromatic carbocycles. The van der Waals surface area contributed by atoms with E-state index in [1.54, 1.807) is 0 Å². The second-order valence-corrected chi connectivity index (χ2v) is 4.27. The van der Waals surface area contributed by atoms with Crippen LogP contribution in [0.4, 0.5) is 24.5 Å². The maximum atomic E-state index is 13.5. The lowest BCUT2D eigenvalue weighted by Crippen LogP contribution is -2.34. The number of alkyl halides is 2. The molecule has 1 aliphatic carbocycles. The van der Waals surface area contributed by atoms with Gasteiger partial charge in [0.1, 0.15) is 0 Å². The first-order valence-electron chi connectivity index (χ1n) is 5.48. The summed E-state index contributed by atoms with van der Waals surface area (Å²) < 4.78 is 40.2. The Balaban J connectivity index is 2.17. The zero-order chi connectivity index (χ0) is 13.3. The van der Waals surface area contributed by atoms with Gasteiger partial charge in [-0.15, -0.1) is 0 Å². The number of benzene rings is 1. The lowest BCUT2D eigenvalue weighted by molar-refractivity contribution is -0.385. The summed E-state index contributed by atoms with van der Waals surface area (Å²) in [5, 5.41) is 12.8. The Kier molecular flexibility index (Phi) is 3.14. The summed E-state index contributed by atoms with van der Waals surface area (Å²) in [7, 11) is 0. The molecule has 0 radical (unpaired) electrons. The van der Waals surface area contributed by atoms with Crippen LogP contribution in [0.15, 0.2) is 18.2 Å². The Morgan fingerprint density at radius 3 is 2.67 bits per heavy atom. The molecule has 1 fully saturated rings. The molecule has 1 unspecified atom stereocenters. The molecule has 0 bridgehead atoms. The molecule has 0 spiro atoms. The molecule has 0 amide bonds. The van der Waals surface area contributed by atoms with Gasteiger partial charge in [0.15, 0.2) is 5.82 Å². The number of halogens is 3. The normalized spacial score (nSPS) is 21.8. The molecule has 0 saturated heterocycles. The van der Waals surface area contributed by atoms with Crippen molar-refractivity contribution in [1.82, 2.24) is 0 Å². The zero-order valence-electron chi connectivity index (χ0n) is 9.33. The first-order chi connectivity index (χ1) is 8.40. The topological polar surface area (TPSA) is 55.2 Å². The van der Waals surface area contributed by atoms with E-state index in [0.717, 1.165) is 18.2 Å². The summed E-state index contributed by atoms with van der Waals surface area (Å²) in [4.78, 5) is 9.67. The smallest absolute Gasteiger partial charge is 0.272 e. The van der Waals surface area contributed by atoms with Crippen LogP contribution < -0.4 is 5.32 Å². The van der Waals surface area contributed by atoms with Crippen molar-refractivity contribution in [2.75, 3.05) is 5.32 Å². The molecule has 0 aliphatic heterocycles. The van der Waals surface area contributed by atoms with E-state index in [1.165, 1.54) is 0 Å². The van der Waals surface area contributed by atoms with Gasteiger partial charge in [0, 0.05) is 12.5 Å². The molecule has 7 heteroatoms. The quantitative estimate of drug-likeness (QED) is 0.669. The minimum atomic E-state index is -2.87. The van der Waals surface area contributed by atoms with E-state index in [4.69, 9.17) is 0 Å². The maximum absolute atomic E-state index is 13.5. The predicted octanol–water partition coefficient (Wildman–Crippen LogP) is 3.33. The highest BCUT2D eigenvalue weighted by molar-refractivity contribution is 5.51. The van der Waals surface area contributed by atoms with Crippen LogP contribution in [0.25, 0.3) is 0 Å². The molecule has 98 valence electrons. The lowest BCUT2D eigenvalue weighted by atomic mass is 10.2. The standard InChI is InChI=1S/C11H11F3N2O2/c12-8-6-7(16(17)18)3-4-9(8)15-10-2-1-5-11(10,13)14/h3-4,6,10,15H,1-2,5H2. The van der Waals surface area contributed by atoms with Gasteiger partial charge in [0.05, 0.1) is 22.7 Å². The third kappa shape index (κ3) is 2.39. The van der Waals surface area contributed by atoms with Crippen LogP contribution in [0.3, 0.4) is 0 Å². The molecule has 1 aromatic rings. The predicted molar refractivity (Wildman–Crippen MR) is 59.3 cm³/mol. The largest absolute Gasteiger partial charge is 0.374 e. The Bertz CT molecular complexity index is 479. The molecule has 0 heterocycles. The van der Waals surface area contributed by atoms with Gasteiger partial charge in [-0.25, -0.2) is 13.2 Å². The van der Waals surface area contributed by atoms with Crippen molar-refractivity contribution in [3.8, 4) is 0 Å². The van der Waals surface area contributed by atoms with Crippen molar-refractivity contribution in [3.05, 3.63) is 34.1 Å². The minimum absolute atomic E-state index is 0.132. The summed E-state index contributed by atoms with van der Waals surface area (Å²) in [6.07, 6.45) is 0.405. The number of non-ortho nitro benzene ring substituents is 1. The molecular weight excluding hydrogens is 249 g/mol. The van der Waals surface area contributed by atoms with Gasteiger partial charge >= 0.3 is 0 Å². The van der Waals surface area contributed by atoms with Crippen molar-refractivity contribution in [2.24, 2.45) is 0 Å². The molecule has 1 atom stereocenters. The number of rotatable bonds is 3. The van der Waals surface area contributed by atoms with Gasteiger partial charge in [-0.3, -0.25) is 10.1 Å². The molecule has 1 saturated carbocycles. The van der Waals surface area contributed by atoms with Gasteiger partial charge < -0.3 is 5.32 Å². The zero-order valence-corrected chi connectivity index (χ0v) is 9.33. The Labute approximate surface area is 101 Å². The van der Waals surface area contributed by atoms with Crippen LogP contribution in [0.5, 0.6) is 0 Å². The first kappa shape index (κ1) is 12.7. The van der Waals surface area contributed by atoms with E-state index in [-0.39, 0.29) is 18.5 Å². The van der Waals surface area contributed by atoms with E-state index in [0.29, 0.717) is 6.42 Å². The summed E-state index contributed by atoms with van der Waals surface area (Å²) >= 11 is 0. The lowest BCUT2D eigenvalue weighted by Gasteiger charge is -2.21. The summed E-state index contributed by atoms with van der Waals surface area (Å²) in [5.74, 6) is -3.76. The van der Waals surface area contributed by atoms with Crippen LogP contribution in [0.1, 0.15) is 19.3 Å². The Hall–Kier alpha value is -1.79. The monoisotopic (exact) mass is 260 g/mol. The maximum Gasteiger partial charge on any atom is 0.272 e. The number of hydrogen-bond donors (Lipinski definition) is 1.